The van der Waals surface area contributed by atoms with Gasteiger partial charge in [-0.1, -0.05) is 0 Å². The number of carbonyl (C=O) groups excluding carboxylic acids is 1. The van der Waals surface area contributed by atoms with Crippen LogP contribution in [0.1, 0.15) is 18.9 Å². The van der Waals surface area contributed by atoms with Crippen molar-refractivity contribution in [3.8, 4) is 0 Å². The molecule has 2 heterocycles. The maximum atomic E-state index is 11.8. The minimum atomic E-state index is -0.970. The number of fused-ring (bicyclic) bond motifs is 1. The molecule has 0 bridgehead atoms. The molecule has 7 heteroatoms. The Hall–Kier alpha value is -2.28. The van der Waals surface area contributed by atoms with Crippen molar-refractivity contribution in [3.05, 3.63) is 23.8 Å². The molecule has 0 aliphatic carbocycles. The van der Waals surface area contributed by atoms with E-state index in [9.17, 15) is 14.7 Å². The van der Waals surface area contributed by atoms with Gasteiger partial charge in [-0.15, -0.1) is 0 Å². The van der Waals surface area contributed by atoms with E-state index in [0.717, 1.165) is 18.4 Å². The number of carbonyl (C=O) groups is 2. The normalized spacial score (nSPS) is 24.2. The molecule has 2 aliphatic rings. The SMILES string of the molecule is C[C@H]1CCc2cc(N3C[C@H](CO)OC3=O)ccc2N1C(=O)O. The van der Waals surface area contributed by atoms with Crippen LogP contribution < -0.4 is 9.80 Å². The Morgan fingerprint density at radius 1 is 1.45 bits per heavy atom. The molecule has 0 unspecified atom stereocenters. The topological polar surface area (TPSA) is 90.3 Å². The lowest BCUT2D eigenvalue weighted by Gasteiger charge is -2.33. The molecule has 1 aromatic carbocycles. The summed E-state index contributed by atoms with van der Waals surface area (Å²) in [6, 6.07) is 5.21. The van der Waals surface area contributed by atoms with Gasteiger partial charge in [0.25, 0.3) is 0 Å². The zero-order valence-corrected chi connectivity index (χ0v) is 12.2. The Morgan fingerprint density at radius 2 is 2.23 bits per heavy atom. The summed E-state index contributed by atoms with van der Waals surface area (Å²) < 4.78 is 5.03. The van der Waals surface area contributed by atoms with Crippen molar-refractivity contribution in [2.45, 2.75) is 31.9 Å². The Bertz CT molecular complexity index is 618. The van der Waals surface area contributed by atoms with E-state index >= 15 is 0 Å². The minimum Gasteiger partial charge on any atom is -0.465 e. The molecule has 2 N–H and O–H groups in total. The van der Waals surface area contributed by atoms with Crippen molar-refractivity contribution in [1.82, 2.24) is 0 Å². The van der Waals surface area contributed by atoms with Gasteiger partial charge < -0.3 is 14.9 Å². The number of hydrogen-bond acceptors (Lipinski definition) is 4. The first-order chi connectivity index (χ1) is 10.5. The van der Waals surface area contributed by atoms with Gasteiger partial charge in [-0.25, -0.2) is 9.59 Å². The number of rotatable bonds is 2. The first-order valence-corrected chi connectivity index (χ1v) is 7.25. The van der Waals surface area contributed by atoms with Crippen molar-refractivity contribution in [1.29, 1.82) is 0 Å². The molecular weight excluding hydrogens is 288 g/mol. The molecule has 0 radical (unpaired) electrons. The summed E-state index contributed by atoms with van der Waals surface area (Å²) in [4.78, 5) is 26.1. The molecule has 0 spiro atoms. The molecule has 118 valence electrons. The number of amides is 2. The van der Waals surface area contributed by atoms with Crippen LogP contribution in [0.3, 0.4) is 0 Å². The second kappa shape index (κ2) is 5.49. The van der Waals surface area contributed by atoms with Gasteiger partial charge in [0.05, 0.1) is 18.8 Å². The van der Waals surface area contributed by atoms with Crippen LogP contribution in [0.2, 0.25) is 0 Å². The molecule has 0 saturated carbocycles. The van der Waals surface area contributed by atoms with E-state index in [2.05, 4.69) is 0 Å². The van der Waals surface area contributed by atoms with Crippen molar-refractivity contribution in [2.75, 3.05) is 23.0 Å². The quantitative estimate of drug-likeness (QED) is 0.870. The van der Waals surface area contributed by atoms with E-state index in [0.29, 0.717) is 17.9 Å². The van der Waals surface area contributed by atoms with Crippen molar-refractivity contribution < 1.29 is 24.5 Å². The van der Waals surface area contributed by atoms with Crippen LogP contribution in [-0.2, 0) is 11.2 Å². The fourth-order valence-corrected chi connectivity index (χ4v) is 3.03. The standard InChI is InChI=1S/C15H18N2O5/c1-9-2-3-10-6-11(4-5-13(10)17(9)14(19)20)16-7-12(8-18)22-15(16)21/h4-6,9,12,18H,2-3,7-8H2,1H3,(H,19,20)/t9-,12+/m0/s1. The van der Waals surface area contributed by atoms with Gasteiger partial charge >= 0.3 is 12.2 Å². The lowest BCUT2D eigenvalue weighted by atomic mass is 9.96. The number of cyclic esters (lactones) is 1. The molecule has 3 rings (SSSR count). The molecule has 2 amide bonds. The Balaban J connectivity index is 1.92. The number of ether oxygens (including phenoxy) is 1. The largest absolute Gasteiger partial charge is 0.465 e. The number of hydrogen-bond donors (Lipinski definition) is 2. The van der Waals surface area contributed by atoms with Gasteiger partial charge in [-0.05, 0) is 43.5 Å². The maximum absolute atomic E-state index is 11.8. The second-order valence-electron chi connectivity index (χ2n) is 5.65. The van der Waals surface area contributed by atoms with Crippen LogP contribution in [0.15, 0.2) is 18.2 Å². The van der Waals surface area contributed by atoms with Crippen LogP contribution >= 0.6 is 0 Å². The summed E-state index contributed by atoms with van der Waals surface area (Å²) >= 11 is 0. The number of carboxylic acid groups (broad SMARTS) is 1. The van der Waals surface area contributed by atoms with Crippen LogP contribution in [0.5, 0.6) is 0 Å². The van der Waals surface area contributed by atoms with Gasteiger partial charge in [0.2, 0.25) is 0 Å². The summed E-state index contributed by atoms with van der Waals surface area (Å²) in [6.07, 6.45) is -0.466. The second-order valence-corrected chi connectivity index (χ2v) is 5.65. The number of anilines is 2. The summed E-state index contributed by atoms with van der Waals surface area (Å²) in [6.45, 7) is 1.97. The highest BCUT2D eigenvalue weighted by molar-refractivity contribution is 5.92. The smallest absolute Gasteiger partial charge is 0.414 e. The van der Waals surface area contributed by atoms with E-state index in [1.54, 1.807) is 12.1 Å². The van der Waals surface area contributed by atoms with Gasteiger partial charge in [-0.3, -0.25) is 9.80 Å². The molecule has 22 heavy (non-hydrogen) atoms. The molecule has 1 aromatic rings. The monoisotopic (exact) mass is 306 g/mol. The summed E-state index contributed by atoms with van der Waals surface area (Å²) in [7, 11) is 0. The van der Waals surface area contributed by atoms with Crippen LogP contribution in [-0.4, -0.2) is 47.7 Å². The molecule has 2 aliphatic heterocycles. The Kier molecular flexibility index (Phi) is 3.66. The number of benzene rings is 1. The van der Waals surface area contributed by atoms with Crippen molar-refractivity contribution in [3.63, 3.8) is 0 Å². The lowest BCUT2D eigenvalue weighted by Crippen LogP contribution is -2.41. The first-order valence-electron chi connectivity index (χ1n) is 7.25. The third-order valence-electron chi connectivity index (χ3n) is 4.19. The predicted molar refractivity (Wildman–Crippen MR) is 79.4 cm³/mol. The van der Waals surface area contributed by atoms with Crippen LogP contribution in [0, 0.1) is 0 Å². The van der Waals surface area contributed by atoms with Crippen molar-refractivity contribution >= 4 is 23.6 Å². The minimum absolute atomic E-state index is 0.0635. The van der Waals surface area contributed by atoms with Gasteiger partial charge in [-0.2, -0.15) is 0 Å². The third-order valence-corrected chi connectivity index (χ3v) is 4.19. The highest BCUT2D eigenvalue weighted by Gasteiger charge is 2.33. The summed E-state index contributed by atoms with van der Waals surface area (Å²) in [5.74, 6) is 0. The average molecular weight is 306 g/mol. The molecule has 1 saturated heterocycles. The number of aliphatic hydroxyl groups excluding tert-OH is 1. The van der Waals surface area contributed by atoms with Crippen LogP contribution in [0.25, 0.3) is 0 Å². The summed E-state index contributed by atoms with van der Waals surface area (Å²) in [5, 5.41) is 18.4. The highest BCUT2D eigenvalue weighted by atomic mass is 16.6. The number of aliphatic hydroxyl groups is 1. The Morgan fingerprint density at radius 3 is 2.86 bits per heavy atom. The van der Waals surface area contributed by atoms with Crippen molar-refractivity contribution in [2.24, 2.45) is 0 Å². The van der Waals surface area contributed by atoms with Gasteiger partial charge in [0.1, 0.15) is 6.10 Å². The van der Waals surface area contributed by atoms with E-state index in [-0.39, 0.29) is 12.6 Å². The van der Waals surface area contributed by atoms with E-state index in [4.69, 9.17) is 9.84 Å². The number of aryl methyl sites for hydroxylation is 1. The van der Waals surface area contributed by atoms with E-state index in [1.807, 2.05) is 13.0 Å². The molecule has 1 fully saturated rings. The fraction of sp³-hybridized carbons (Fsp3) is 0.467. The molecule has 7 nitrogen and oxygen atoms in total. The summed E-state index contributed by atoms with van der Waals surface area (Å²) in [5.41, 5.74) is 2.24. The van der Waals surface area contributed by atoms with Gasteiger partial charge in [0.15, 0.2) is 0 Å². The third kappa shape index (κ3) is 2.37. The maximum Gasteiger partial charge on any atom is 0.414 e. The van der Waals surface area contributed by atoms with E-state index < -0.39 is 18.3 Å². The van der Waals surface area contributed by atoms with Gasteiger partial charge in [0, 0.05) is 11.7 Å². The molecular formula is C15H18N2O5. The van der Waals surface area contributed by atoms with Crippen LogP contribution in [0.4, 0.5) is 21.0 Å². The zero-order valence-electron chi connectivity index (χ0n) is 12.2. The molecule has 0 aromatic heterocycles. The number of nitrogens with zero attached hydrogens (tertiary/aromatic N) is 2. The molecule has 2 atom stereocenters. The fourth-order valence-electron chi connectivity index (χ4n) is 3.03. The average Bonchev–Trinajstić information content (AvgIpc) is 2.87. The predicted octanol–water partition coefficient (Wildman–Crippen LogP) is 1.82. The van der Waals surface area contributed by atoms with E-state index in [1.165, 1.54) is 9.80 Å². The highest BCUT2D eigenvalue weighted by Crippen LogP contribution is 2.34. The Labute approximate surface area is 127 Å². The first kappa shape index (κ1) is 14.6. The zero-order chi connectivity index (χ0) is 15.9. The lowest BCUT2D eigenvalue weighted by molar-refractivity contribution is 0.0963.